The molecule has 4 rings (SSSR count). The molecule has 1 aromatic rings. The molecule has 0 amide bonds. The maximum absolute atomic E-state index is 15.6. The van der Waals surface area contributed by atoms with Crippen molar-refractivity contribution in [1.82, 2.24) is 0 Å². The van der Waals surface area contributed by atoms with Crippen molar-refractivity contribution in [3.05, 3.63) is 34.4 Å². The van der Waals surface area contributed by atoms with Crippen LogP contribution in [0.2, 0.25) is 0 Å². The van der Waals surface area contributed by atoms with E-state index in [0.29, 0.717) is 17.4 Å². The van der Waals surface area contributed by atoms with E-state index in [1.807, 2.05) is 0 Å². The SMILES string of the molecule is CCCCCC1CCC2CC(c3c(F)cc4c(c3F)CCC(CCCC)C4)CCC2C1. The second-order valence-corrected chi connectivity index (χ2v) is 11.2. The Kier molecular flexibility index (Phi) is 8.10. The highest BCUT2D eigenvalue weighted by atomic mass is 19.1. The van der Waals surface area contributed by atoms with E-state index in [1.54, 1.807) is 6.07 Å². The molecule has 0 N–H and O–H groups in total. The average molecular weight is 431 g/mol. The summed E-state index contributed by atoms with van der Waals surface area (Å²) in [5, 5.41) is 0. The summed E-state index contributed by atoms with van der Waals surface area (Å²) in [6.07, 6.45) is 19.0. The Bertz CT molecular complexity index is 724. The van der Waals surface area contributed by atoms with Gasteiger partial charge >= 0.3 is 0 Å². The standard InChI is InChI=1S/C29H44F2/c1-3-5-7-9-21-10-12-23-18-24(14-13-22(23)16-21)28-27(30)19-25-17-20(8-6-4-2)11-15-26(25)29(28)31/h19-24H,3-18H2,1-2H3. The van der Waals surface area contributed by atoms with Crippen LogP contribution < -0.4 is 0 Å². The van der Waals surface area contributed by atoms with E-state index in [2.05, 4.69) is 13.8 Å². The van der Waals surface area contributed by atoms with Gasteiger partial charge in [0, 0.05) is 5.56 Å². The van der Waals surface area contributed by atoms with Crippen molar-refractivity contribution in [2.24, 2.45) is 23.7 Å². The van der Waals surface area contributed by atoms with Gasteiger partial charge in [-0.3, -0.25) is 0 Å². The van der Waals surface area contributed by atoms with Gasteiger partial charge in [0.05, 0.1) is 0 Å². The molecule has 0 radical (unpaired) electrons. The maximum atomic E-state index is 15.6. The van der Waals surface area contributed by atoms with Gasteiger partial charge in [0.1, 0.15) is 11.6 Å². The van der Waals surface area contributed by atoms with Crippen molar-refractivity contribution in [2.45, 2.75) is 122 Å². The molecular formula is C29H44F2. The monoisotopic (exact) mass is 430 g/mol. The molecule has 0 spiro atoms. The molecule has 2 fully saturated rings. The van der Waals surface area contributed by atoms with Crippen LogP contribution in [0.4, 0.5) is 8.78 Å². The molecule has 3 aliphatic carbocycles. The van der Waals surface area contributed by atoms with Gasteiger partial charge in [0.25, 0.3) is 0 Å². The van der Waals surface area contributed by atoms with E-state index in [0.717, 1.165) is 55.1 Å². The molecule has 174 valence electrons. The first kappa shape index (κ1) is 23.2. The van der Waals surface area contributed by atoms with Gasteiger partial charge in [-0.05, 0) is 98.1 Å². The predicted molar refractivity (Wildman–Crippen MR) is 126 cm³/mol. The Morgan fingerprint density at radius 2 is 1.55 bits per heavy atom. The van der Waals surface area contributed by atoms with Gasteiger partial charge < -0.3 is 0 Å². The van der Waals surface area contributed by atoms with Crippen LogP contribution in [0.3, 0.4) is 0 Å². The van der Waals surface area contributed by atoms with E-state index in [9.17, 15) is 0 Å². The zero-order chi connectivity index (χ0) is 21.8. The van der Waals surface area contributed by atoms with Crippen LogP contribution in [0.5, 0.6) is 0 Å². The van der Waals surface area contributed by atoms with Gasteiger partial charge in [-0.25, -0.2) is 8.78 Å². The summed E-state index contributed by atoms with van der Waals surface area (Å²) in [6.45, 7) is 4.50. The Balaban J connectivity index is 1.41. The summed E-state index contributed by atoms with van der Waals surface area (Å²) in [5.74, 6) is 2.70. The van der Waals surface area contributed by atoms with E-state index in [1.165, 1.54) is 70.6 Å². The smallest absolute Gasteiger partial charge is 0.133 e. The fourth-order valence-corrected chi connectivity index (χ4v) is 7.25. The first-order chi connectivity index (χ1) is 15.1. The van der Waals surface area contributed by atoms with Crippen molar-refractivity contribution in [2.75, 3.05) is 0 Å². The lowest BCUT2D eigenvalue weighted by molar-refractivity contribution is 0.111. The summed E-state index contributed by atoms with van der Waals surface area (Å²) >= 11 is 0. The van der Waals surface area contributed by atoms with Crippen LogP contribution in [0.1, 0.15) is 126 Å². The lowest BCUT2D eigenvalue weighted by Crippen LogP contribution is -2.31. The zero-order valence-corrected chi connectivity index (χ0v) is 20.0. The second kappa shape index (κ2) is 10.8. The van der Waals surface area contributed by atoms with Gasteiger partial charge in [-0.15, -0.1) is 0 Å². The molecule has 0 aromatic heterocycles. The van der Waals surface area contributed by atoms with Gasteiger partial charge in [0.15, 0.2) is 0 Å². The molecule has 5 atom stereocenters. The molecule has 0 bridgehead atoms. The minimum Gasteiger partial charge on any atom is -0.207 e. The normalized spacial score (nSPS) is 30.6. The van der Waals surface area contributed by atoms with Gasteiger partial charge in [0.2, 0.25) is 0 Å². The molecule has 0 aliphatic heterocycles. The molecule has 2 saturated carbocycles. The lowest BCUT2D eigenvalue weighted by Gasteiger charge is -2.42. The number of fused-ring (bicyclic) bond motifs is 2. The van der Waals surface area contributed by atoms with E-state index < -0.39 is 0 Å². The van der Waals surface area contributed by atoms with Gasteiger partial charge in [-0.2, -0.15) is 0 Å². The van der Waals surface area contributed by atoms with Crippen LogP contribution in [-0.2, 0) is 12.8 Å². The summed E-state index contributed by atoms with van der Waals surface area (Å²) < 4.78 is 30.8. The Morgan fingerprint density at radius 3 is 2.35 bits per heavy atom. The molecular weight excluding hydrogens is 386 g/mol. The third-order valence-corrected chi connectivity index (χ3v) is 9.07. The summed E-state index contributed by atoms with van der Waals surface area (Å²) in [5.41, 5.74) is 2.27. The highest BCUT2D eigenvalue weighted by molar-refractivity contribution is 5.39. The fraction of sp³-hybridized carbons (Fsp3) is 0.793. The first-order valence-electron chi connectivity index (χ1n) is 13.6. The first-order valence-corrected chi connectivity index (χ1v) is 13.6. The quantitative estimate of drug-likeness (QED) is 0.361. The van der Waals surface area contributed by atoms with Crippen LogP contribution in [0.25, 0.3) is 0 Å². The Labute approximate surface area is 189 Å². The fourth-order valence-electron chi connectivity index (χ4n) is 7.25. The number of benzene rings is 1. The molecule has 2 heteroatoms. The second-order valence-electron chi connectivity index (χ2n) is 11.2. The molecule has 3 aliphatic rings. The van der Waals surface area contributed by atoms with Crippen LogP contribution in [0.15, 0.2) is 6.07 Å². The Hall–Kier alpha value is -0.920. The summed E-state index contributed by atoms with van der Waals surface area (Å²) in [7, 11) is 0. The molecule has 0 saturated heterocycles. The summed E-state index contributed by atoms with van der Waals surface area (Å²) in [4.78, 5) is 0. The average Bonchev–Trinajstić information content (AvgIpc) is 2.77. The van der Waals surface area contributed by atoms with Crippen molar-refractivity contribution in [3.8, 4) is 0 Å². The number of rotatable bonds is 8. The third kappa shape index (κ3) is 5.36. The molecule has 0 heterocycles. The van der Waals surface area contributed by atoms with E-state index in [4.69, 9.17) is 0 Å². The van der Waals surface area contributed by atoms with Crippen molar-refractivity contribution < 1.29 is 8.78 Å². The highest BCUT2D eigenvalue weighted by Crippen LogP contribution is 2.49. The van der Waals surface area contributed by atoms with Crippen molar-refractivity contribution >= 4 is 0 Å². The minimum absolute atomic E-state index is 0.0982. The molecule has 31 heavy (non-hydrogen) atoms. The Morgan fingerprint density at radius 1 is 0.806 bits per heavy atom. The topological polar surface area (TPSA) is 0 Å². The van der Waals surface area contributed by atoms with Crippen LogP contribution >= 0.6 is 0 Å². The van der Waals surface area contributed by atoms with Crippen LogP contribution in [0, 0.1) is 35.3 Å². The number of unbranched alkanes of at least 4 members (excludes halogenated alkanes) is 3. The largest absolute Gasteiger partial charge is 0.207 e. The molecule has 1 aromatic carbocycles. The number of hydrogen-bond donors (Lipinski definition) is 0. The lowest BCUT2D eigenvalue weighted by atomic mass is 9.63. The minimum atomic E-state index is -0.246. The van der Waals surface area contributed by atoms with Crippen molar-refractivity contribution in [3.63, 3.8) is 0 Å². The van der Waals surface area contributed by atoms with E-state index >= 15 is 8.78 Å². The van der Waals surface area contributed by atoms with Gasteiger partial charge in [-0.1, -0.05) is 65.2 Å². The highest BCUT2D eigenvalue weighted by Gasteiger charge is 2.38. The maximum Gasteiger partial charge on any atom is 0.133 e. The zero-order valence-electron chi connectivity index (χ0n) is 20.0. The summed E-state index contributed by atoms with van der Waals surface area (Å²) in [6, 6.07) is 1.72. The number of halogens is 2. The predicted octanol–water partition coefficient (Wildman–Crippen LogP) is 9.14. The third-order valence-electron chi connectivity index (χ3n) is 9.07. The van der Waals surface area contributed by atoms with Crippen LogP contribution in [-0.4, -0.2) is 0 Å². The number of hydrogen-bond acceptors (Lipinski definition) is 0. The molecule has 5 unspecified atom stereocenters. The van der Waals surface area contributed by atoms with E-state index in [-0.39, 0.29) is 17.6 Å². The van der Waals surface area contributed by atoms with Crippen molar-refractivity contribution in [1.29, 1.82) is 0 Å². The molecule has 0 nitrogen and oxygen atoms in total.